The number of carbonyl (C=O) groups excluding carboxylic acids is 1. The summed E-state index contributed by atoms with van der Waals surface area (Å²) in [7, 11) is 0. The third-order valence-corrected chi connectivity index (χ3v) is 4.56. The zero-order valence-electron chi connectivity index (χ0n) is 12.8. The summed E-state index contributed by atoms with van der Waals surface area (Å²) >= 11 is 1.52. The fraction of sp³-hybridized carbons (Fsp3) is 0.375. The van der Waals surface area contributed by atoms with Gasteiger partial charge in [-0.2, -0.15) is 0 Å². The van der Waals surface area contributed by atoms with Crippen molar-refractivity contribution >= 4 is 28.1 Å². The van der Waals surface area contributed by atoms with Gasteiger partial charge < -0.3 is 15.3 Å². The molecule has 0 unspecified atom stereocenters. The highest BCUT2D eigenvalue weighted by atomic mass is 32.1. The van der Waals surface area contributed by atoms with E-state index in [9.17, 15) is 4.79 Å². The number of benzene rings is 1. The first-order valence-electron chi connectivity index (χ1n) is 7.65. The standard InChI is InChI=1S/C16H20N4O2S/c21-10-9-19-5-7-20(8-6-19)15(22)13-2-1-3-14(12-13)18-16-17-4-11-23-16/h1-4,11-12,21H,5-10H2,(H,17,18). The number of piperazine rings is 1. The maximum absolute atomic E-state index is 12.6. The normalized spacial score (nSPS) is 15.6. The van der Waals surface area contributed by atoms with Crippen molar-refractivity contribution in [2.24, 2.45) is 0 Å². The summed E-state index contributed by atoms with van der Waals surface area (Å²) < 4.78 is 0. The number of hydrogen-bond acceptors (Lipinski definition) is 6. The third-order valence-electron chi connectivity index (χ3n) is 3.87. The summed E-state index contributed by atoms with van der Waals surface area (Å²) in [6.45, 7) is 3.85. The van der Waals surface area contributed by atoms with Crippen LogP contribution < -0.4 is 5.32 Å². The van der Waals surface area contributed by atoms with Gasteiger partial charge in [-0.1, -0.05) is 6.07 Å². The molecule has 0 atom stereocenters. The van der Waals surface area contributed by atoms with Gasteiger partial charge in [-0.05, 0) is 18.2 Å². The summed E-state index contributed by atoms with van der Waals surface area (Å²) in [5.41, 5.74) is 1.55. The molecule has 1 aromatic heterocycles. The minimum atomic E-state index is 0.0523. The molecule has 1 amide bonds. The maximum Gasteiger partial charge on any atom is 0.254 e. The van der Waals surface area contributed by atoms with Crippen LogP contribution >= 0.6 is 11.3 Å². The van der Waals surface area contributed by atoms with E-state index in [4.69, 9.17) is 5.11 Å². The van der Waals surface area contributed by atoms with Crippen LogP contribution in [0.2, 0.25) is 0 Å². The van der Waals surface area contributed by atoms with Crippen LogP contribution in [0.1, 0.15) is 10.4 Å². The Bertz CT molecular complexity index is 639. The van der Waals surface area contributed by atoms with E-state index in [1.165, 1.54) is 11.3 Å². The topological polar surface area (TPSA) is 68.7 Å². The van der Waals surface area contributed by atoms with Crippen molar-refractivity contribution in [1.82, 2.24) is 14.8 Å². The minimum Gasteiger partial charge on any atom is -0.395 e. The lowest BCUT2D eigenvalue weighted by Crippen LogP contribution is -2.49. The van der Waals surface area contributed by atoms with Gasteiger partial charge >= 0.3 is 0 Å². The Balaban J connectivity index is 1.63. The van der Waals surface area contributed by atoms with Crippen molar-refractivity contribution in [2.45, 2.75) is 0 Å². The van der Waals surface area contributed by atoms with Crippen LogP contribution in [0.25, 0.3) is 0 Å². The summed E-state index contributed by atoms with van der Waals surface area (Å²) in [4.78, 5) is 20.9. The quantitative estimate of drug-likeness (QED) is 0.871. The average Bonchev–Trinajstić information content (AvgIpc) is 3.08. The van der Waals surface area contributed by atoms with Crippen molar-refractivity contribution in [3.63, 3.8) is 0 Å². The second-order valence-corrected chi connectivity index (χ2v) is 6.30. The Morgan fingerprint density at radius 1 is 1.30 bits per heavy atom. The molecule has 1 aliphatic rings. The molecule has 2 heterocycles. The number of aliphatic hydroxyl groups excluding tert-OH is 1. The van der Waals surface area contributed by atoms with Crippen molar-refractivity contribution in [1.29, 1.82) is 0 Å². The van der Waals surface area contributed by atoms with E-state index in [-0.39, 0.29) is 12.5 Å². The van der Waals surface area contributed by atoms with Gasteiger partial charge in [0.2, 0.25) is 0 Å². The Hall–Kier alpha value is -1.96. The van der Waals surface area contributed by atoms with Crippen LogP contribution in [0.15, 0.2) is 35.8 Å². The number of thiazole rings is 1. The molecular formula is C16H20N4O2S. The number of aliphatic hydroxyl groups is 1. The zero-order chi connectivity index (χ0) is 16.1. The van der Waals surface area contributed by atoms with Gasteiger partial charge in [0.25, 0.3) is 5.91 Å². The highest BCUT2D eigenvalue weighted by Gasteiger charge is 2.21. The smallest absolute Gasteiger partial charge is 0.254 e. The monoisotopic (exact) mass is 332 g/mol. The number of carbonyl (C=O) groups is 1. The number of rotatable bonds is 5. The van der Waals surface area contributed by atoms with Crippen LogP contribution in [-0.4, -0.2) is 65.1 Å². The lowest BCUT2D eigenvalue weighted by atomic mass is 10.1. The first-order valence-corrected chi connectivity index (χ1v) is 8.53. The van der Waals surface area contributed by atoms with Crippen LogP contribution in [0.4, 0.5) is 10.8 Å². The van der Waals surface area contributed by atoms with E-state index in [1.54, 1.807) is 6.20 Å². The lowest BCUT2D eigenvalue weighted by molar-refractivity contribution is 0.0615. The molecule has 1 aromatic carbocycles. The van der Waals surface area contributed by atoms with Gasteiger partial charge in [0.1, 0.15) is 0 Å². The van der Waals surface area contributed by atoms with Gasteiger partial charge in [0, 0.05) is 55.6 Å². The molecule has 1 aliphatic heterocycles. The van der Waals surface area contributed by atoms with Gasteiger partial charge in [0.05, 0.1) is 6.61 Å². The lowest BCUT2D eigenvalue weighted by Gasteiger charge is -2.34. The van der Waals surface area contributed by atoms with Crippen molar-refractivity contribution < 1.29 is 9.90 Å². The Morgan fingerprint density at radius 3 is 2.83 bits per heavy atom. The van der Waals surface area contributed by atoms with E-state index in [1.807, 2.05) is 34.5 Å². The SMILES string of the molecule is O=C(c1cccc(Nc2nccs2)c1)N1CCN(CCO)CC1. The van der Waals surface area contributed by atoms with E-state index in [0.29, 0.717) is 25.2 Å². The van der Waals surface area contributed by atoms with Gasteiger partial charge in [-0.25, -0.2) is 4.98 Å². The first kappa shape index (κ1) is 15.9. The molecule has 1 fully saturated rings. The summed E-state index contributed by atoms with van der Waals surface area (Å²) in [6.07, 6.45) is 1.74. The number of hydrogen-bond donors (Lipinski definition) is 2. The molecule has 2 aromatic rings. The highest BCUT2D eigenvalue weighted by molar-refractivity contribution is 7.13. The minimum absolute atomic E-state index is 0.0523. The molecule has 3 rings (SSSR count). The van der Waals surface area contributed by atoms with Crippen molar-refractivity contribution in [3.05, 3.63) is 41.4 Å². The third kappa shape index (κ3) is 4.07. The number of amides is 1. The molecule has 0 aliphatic carbocycles. The number of aromatic nitrogens is 1. The molecule has 0 bridgehead atoms. The predicted molar refractivity (Wildman–Crippen MR) is 91.3 cm³/mol. The molecule has 2 N–H and O–H groups in total. The number of nitrogens with zero attached hydrogens (tertiary/aromatic N) is 3. The number of anilines is 2. The molecule has 0 radical (unpaired) electrons. The fourth-order valence-corrected chi connectivity index (χ4v) is 3.19. The zero-order valence-corrected chi connectivity index (χ0v) is 13.6. The summed E-state index contributed by atoms with van der Waals surface area (Å²) in [5.74, 6) is 0.0523. The van der Waals surface area contributed by atoms with E-state index >= 15 is 0 Å². The molecular weight excluding hydrogens is 312 g/mol. The van der Waals surface area contributed by atoms with E-state index < -0.39 is 0 Å². The first-order chi connectivity index (χ1) is 11.3. The fourth-order valence-electron chi connectivity index (χ4n) is 2.64. The molecule has 0 spiro atoms. The molecule has 6 nitrogen and oxygen atoms in total. The number of β-amino-alcohol motifs (C(OH)–C–C–N with tert-alkyl or cyclic N) is 1. The van der Waals surface area contributed by atoms with E-state index in [0.717, 1.165) is 23.9 Å². The highest BCUT2D eigenvalue weighted by Crippen LogP contribution is 2.20. The van der Waals surface area contributed by atoms with Crippen molar-refractivity contribution in [2.75, 3.05) is 44.6 Å². The van der Waals surface area contributed by atoms with Crippen LogP contribution in [-0.2, 0) is 0 Å². The largest absolute Gasteiger partial charge is 0.395 e. The average molecular weight is 332 g/mol. The second-order valence-electron chi connectivity index (χ2n) is 5.40. The Kier molecular flexibility index (Phi) is 5.22. The molecule has 1 saturated heterocycles. The van der Waals surface area contributed by atoms with E-state index in [2.05, 4.69) is 15.2 Å². The molecule has 0 saturated carbocycles. The van der Waals surface area contributed by atoms with Crippen LogP contribution in [0.5, 0.6) is 0 Å². The van der Waals surface area contributed by atoms with Crippen LogP contribution in [0.3, 0.4) is 0 Å². The van der Waals surface area contributed by atoms with Gasteiger partial charge in [0.15, 0.2) is 5.13 Å². The molecule has 7 heteroatoms. The number of nitrogens with one attached hydrogen (secondary N) is 1. The summed E-state index contributed by atoms with van der Waals surface area (Å²) in [6, 6.07) is 7.52. The Morgan fingerprint density at radius 2 is 2.13 bits per heavy atom. The predicted octanol–water partition coefficient (Wildman–Crippen LogP) is 1.64. The molecule has 23 heavy (non-hydrogen) atoms. The van der Waals surface area contributed by atoms with Gasteiger partial charge in [-0.15, -0.1) is 11.3 Å². The summed E-state index contributed by atoms with van der Waals surface area (Å²) in [5, 5.41) is 14.9. The second kappa shape index (κ2) is 7.54. The van der Waals surface area contributed by atoms with Crippen molar-refractivity contribution in [3.8, 4) is 0 Å². The molecule has 122 valence electrons. The maximum atomic E-state index is 12.6. The van der Waals surface area contributed by atoms with Gasteiger partial charge in [-0.3, -0.25) is 9.69 Å². The Labute approximate surface area is 139 Å². The van der Waals surface area contributed by atoms with Crippen LogP contribution in [0, 0.1) is 0 Å².